The predicted molar refractivity (Wildman–Crippen MR) is 77.4 cm³/mol. The molecule has 2 aromatic carbocycles. The van der Waals surface area contributed by atoms with E-state index in [1.165, 1.54) is 0 Å². The summed E-state index contributed by atoms with van der Waals surface area (Å²) in [7, 11) is 0. The molecule has 3 nitrogen and oxygen atoms in total. The normalized spacial score (nSPS) is 10.9. The van der Waals surface area contributed by atoms with Crippen LogP contribution in [0.3, 0.4) is 0 Å². The van der Waals surface area contributed by atoms with E-state index in [2.05, 4.69) is 42.9 Å². The molecule has 1 aromatic heterocycles. The lowest BCUT2D eigenvalue weighted by molar-refractivity contribution is -0.695. The largest absolute Gasteiger partial charge is 0.319 e. The number of fused-ring (bicyclic) bond motifs is 1. The van der Waals surface area contributed by atoms with E-state index < -0.39 is 0 Å². The standard InChI is InChI=1S/C17H15N3/c1-13(2)19-12-20(17-6-4-3-5-16(17)19)15-9-7-14(11-18)8-10-15/h3-10,13H,1-2H3. The Morgan fingerprint density at radius 1 is 1.10 bits per heavy atom. The number of aromatic nitrogens is 2. The third kappa shape index (κ3) is 1.96. The molecular formula is C17H15N3. The summed E-state index contributed by atoms with van der Waals surface area (Å²) in [4.78, 5) is 0. The Bertz CT molecular complexity index is 789. The molecule has 0 amide bonds. The summed E-state index contributed by atoms with van der Waals surface area (Å²) < 4.78 is 4.17. The van der Waals surface area contributed by atoms with Crippen molar-refractivity contribution < 1.29 is 4.57 Å². The minimum Gasteiger partial charge on any atom is -0.319 e. The molecule has 1 heterocycles. The maximum Gasteiger partial charge on any atom is 0.244 e. The van der Waals surface area contributed by atoms with Crippen molar-refractivity contribution >= 4 is 11.0 Å². The molecule has 0 unspecified atom stereocenters. The maximum atomic E-state index is 8.88. The van der Waals surface area contributed by atoms with E-state index in [-0.39, 0.29) is 0 Å². The number of hydrogen-bond acceptors (Lipinski definition) is 1. The first-order chi connectivity index (χ1) is 9.70. The zero-order valence-corrected chi connectivity index (χ0v) is 11.5. The molecule has 0 radical (unpaired) electrons. The molecule has 3 heteroatoms. The summed E-state index contributed by atoms with van der Waals surface area (Å²) in [6.45, 7) is 4.29. The van der Waals surface area contributed by atoms with E-state index in [0.717, 1.165) is 16.7 Å². The fraction of sp³-hybridized carbons (Fsp3) is 0.176. The van der Waals surface area contributed by atoms with Gasteiger partial charge in [-0.1, -0.05) is 36.4 Å². The Morgan fingerprint density at radius 2 is 1.80 bits per heavy atom. The molecule has 0 spiro atoms. The van der Waals surface area contributed by atoms with Crippen LogP contribution in [0.1, 0.15) is 25.5 Å². The van der Waals surface area contributed by atoms with Gasteiger partial charge in [0.2, 0.25) is 6.33 Å². The molecule has 0 fully saturated rings. The minimum absolute atomic E-state index is 0.347. The van der Waals surface area contributed by atoms with Crippen molar-refractivity contribution in [2.45, 2.75) is 19.9 Å². The second kappa shape index (κ2) is 4.82. The fourth-order valence-corrected chi connectivity index (χ4v) is 2.35. The second-order valence-electron chi connectivity index (χ2n) is 5.05. The number of nitriles is 1. The number of rotatable bonds is 2. The van der Waals surface area contributed by atoms with Gasteiger partial charge in [0.25, 0.3) is 0 Å². The molecule has 3 aromatic rings. The van der Waals surface area contributed by atoms with Crippen molar-refractivity contribution in [2.24, 2.45) is 0 Å². The summed E-state index contributed by atoms with van der Waals surface area (Å²) in [5, 5.41) is 8.88. The lowest BCUT2D eigenvalue weighted by atomic mass is 10.2. The molecule has 0 bridgehead atoms. The van der Waals surface area contributed by atoms with E-state index in [1.54, 1.807) is 0 Å². The minimum atomic E-state index is 0.347. The van der Waals surface area contributed by atoms with Gasteiger partial charge in [-0.3, -0.25) is 0 Å². The van der Waals surface area contributed by atoms with Crippen molar-refractivity contribution in [3.8, 4) is 11.8 Å². The Balaban J connectivity index is 2.23. The fourth-order valence-electron chi connectivity index (χ4n) is 2.35. The molecule has 0 aliphatic heterocycles. The van der Waals surface area contributed by atoms with Gasteiger partial charge in [0.05, 0.1) is 34.4 Å². The van der Waals surface area contributed by atoms with Crippen molar-refractivity contribution in [1.82, 2.24) is 4.57 Å². The molecule has 0 aliphatic carbocycles. The summed E-state index contributed by atoms with van der Waals surface area (Å²) in [5.74, 6) is 0. The van der Waals surface area contributed by atoms with Crippen LogP contribution >= 0.6 is 0 Å². The molecule has 0 aliphatic rings. The highest BCUT2D eigenvalue weighted by atomic mass is 15.1. The summed E-state index contributed by atoms with van der Waals surface area (Å²) in [6.07, 6.45) is 3.39. The quantitative estimate of drug-likeness (QED) is 0.515. The lowest BCUT2D eigenvalue weighted by Crippen LogP contribution is -2.35. The van der Waals surface area contributed by atoms with Crippen LogP contribution < -0.4 is 4.57 Å². The number of benzene rings is 2. The Kier molecular flexibility index (Phi) is 3.00. The molecule has 3 rings (SSSR count). The van der Waals surface area contributed by atoms with Gasteiger partial charge in [-0.25, -0.2) is 0 Å². The second-order valence-corrected chi connectivity index (χ2v) is 5.05. The maximum absolute atomic E-state index is 8.88. The number of nitrogens with zero attached hydrogens (tertiary/aromatic N) is 3. The summed E-state index contributed by atoms with van der Waals surface area (Å²) in [6, 6.07) is 18.3. The van der Waals surface area contributed by atoms with Gasteiger partial charge in [0.15, 0.2) is 0 Å². The van der Waals surface area contributed by atoms with Crippen molar-refractivity contribution in [2.75, 3.05) is 0 Å². The van der Waals surface area contributed by atoms with E-state index >= 15 is 0 Å². The van der Waals surface area contributed by atoms with Crippen LogP contribution in [0.4, 0.5) is 0 Å². The summed E-state index contributed by atoms with van der Waals surface area (Å²) >= 11 is 0. The van der Waals surface area contributed by atoms with Crippen LogP contribution in [-0.4, -0.2) is 4.57 Å². The van der Waals surface area contributed by atoms with Crippen molar-refractivity contribution in [3.05, 3.63) is 60.4 Å². The third-order valence-corrected chi connectivity index (χ3v) is 3.36. The lowest BCUT2D eigenvalue weighted by Gasteiger charge is -2.04. The van der Waals surface area contributed by atoms with Crippen molar-refractivity contribution in [3.63, 3.8) is 0 Å². The molecule has 98 valence electrons. The Morgan fingerprint density at radius 3 is 2.45 bits per heavy atom. The molecule has 0 atom stereocenters. The molecule has 0 saturated heterocycles. The van der Waals surface area contributed by atoms with Gasteiger partial charge in [0, 0.05) is 0 Å². The molecular weight excluding hydrogens is 246 g/mol. The van der Waals surface area contributed by atoms with E-state index in [4.69, 9.17) is 5.26 Å². The van der Waals surface area contributed by atoms with Gasteiger partial charge in [0.1, 0.15) is 0 Å². The van der Waals surface area contributed by atoms with Crippen LogP contribution in [0.5, 0.6) is 0 Å². The van der Waals surface area contributed by atoms with E-state index in [1.807, 2.05) is 41.0 Å². The molecule has 20 heavy (non-hydrogen) atoms. The first-order valence-electron chi connectivity index (χ1n) is 6.65. The van der Waals surface area contributed by atoms with Crippen molar-refractivity contribution in [1.29, 1.82) is 5.26 Å². The summed E-state index contributed by atoms with van der Waals surface area (Å²) in [5.41, 5.74) is 3.96. The van der Waals surface area contributed by atoms with Crippen LogP contribution in [0.25, 0.3) is 16.7 Å². The highest BCUT2D eigenvalue weighted by molar-refractivity contribution is 5.73. The SMILES string of the molecule is CC(C)[n+]1[c-]n(-c2ccc(C#N)cc2)c2ccccc21. The van der Waals surface area contributed by atoms with Gasteiger partial charge >= 0.3 is 0 Å². The zero-order chi connectivity index (χ0) is 14.1. The van der Waals surface area contributed by atoms with Crippen LogP contribution in [0, 0.1) is 17.7 Å². The smallest absolute Gasteiger partial charge is 0.244 e. The van der Waals surface area contributed by atoms with Gasteiger partial charge in [-0.2, -0.15) is 5.26 Å². The number of imidazole rings is 1. The molecule has 0 saturated carbocycles. The van der Waals surface area contributed by atoms with Gasteiger partial charge < -0.3 is 9.13 Å². The van der Waals surface area contributed by atoms with E-state index in [0.29, 0.717) is 11.6 Å². The monoisotopic (exact) mass is 261 g/mol. The predicted octanol–water partition coefficient (Wildman–Crippen LogP) is 3.17. The average Bonchev–Trinajstić information content (AvgIpc) is 2.87. The van der Waals surface area contributed by atoms with Gasteiger partial charge in [-0.15, -0.1) is 0 Å². The Hall–Kier alpha value is -2.60. The zero-order valence-electron chi connectivity index (χ0n) is 11.5. The highest BCUT2D eigenvalue weighted by Crippen LogP contribution is 2.18. The van der Waals surface area contributed by atoms with Crippen LogP contribution in [0.15, 0.2) is 48.5 Å². The van der Waals surface area contributed by atoms with E-state index in [9.17, 15) is 0 Å². The van der Waals surface area contributed by atoms with Gasteiger partial charge in [-0.05, 0) is 26.0 Å². The first kappa shape index (κ1) is 12.4. The third-order valence-electron chi connectivity index (χ3n) is 3.36. The average molecular weight is 261 g/mol. The molecule has 0 N–H and O–H groups in total. The first-order valence-corrected chi connectivity index (χ1v) is 6.65. The van der Waals surface area contributed by atoms with Crippen LogP contribution in [0.2, 0.25) is 0 Å². The Labute approximate surface area is 118 Å². The number of para-hydroxylation sites is 2. The van der Waals surface area contributed by atoms with Crippen LogP contribution in [-0.2, 0) is 0 Å². The highest BCUT2D eigenvalue weighted by Gasteiger charge is 2.11. The number of hydrogen-bond donors (Lipinski definition) is 0. The topological polar surface area (TPSA) is 32.6 Å².